The zero-order valence-electron chi connectivity index (χ0n) is 12.6. The van der Waals surface area contributed by atoms with E-state index in [1.165, 1.54) is 0 Å². The molecular weight excluding hydrogens is 274 g/mol. The van der Waals surface area contributed by atoms with E-state index >= 15 is 0 Å². The molecule has 1 N–H and O–H groups in total. The molecule has 0 unspecified atom stereocenters. The van der Waals surface area contributed by atoms with E-state index in [0.717, 1.165) is 22.0 Å². The third-order valence-electron chi connectivity index (χ3n) is 3.86. The first-order valence-electron chi connectivity index (χ1n) is 7.55. The summed E-state index contributed by atoms with van der Waals surface area (Å²) in [4.78, 5) is 15.2. The number of hydrogen-bond donors (Lipinski definition) is 1. The van der Waals surface area contributed by atoms with Crippen molar-refractivity contribution >= 4 is 16.9 Å². The number of aromatic nitrogens is 1. The van der Waals surface area contributed by atoms with Crippen molar-refractivity contribution in [3.8, 4) is 0 Å². The van der Waals surface area contributed by atoms with Crippen molar-refractivity contribution in [2.75, 3.05) is 6.61 Å². The summed E-state index contributed by atoms with van der Waals surface area (Å²) >= 11 is 0. The Morgan fingerprint density at radius 1 is 1.09 bits per heavy atom. The molecule has 0 aliphatic heterocycles. The second kappa shape index (κ2) is 6.48. The summed E-state index contributed by atoms with van der Waals surface area (Å²) in [5.41, 5.74) is 3.36. The van der Waals surface area contributed by atoms with Crippen molar-refractivity contribution in [1.29, 1.82) is 0 Å². The van der Waals surface area contributed by atoms with Crippen LogP contribution in [0.2, 0.25) is 0 Å². The van der Waals surface area contributed by atoms with E-state index in [9.17, 15) is 4.79 Å². The zero-order valence-corrected chi connectivity index (χ0v) is 12.6. The van der Waals surface area contributed by atoms with Gasteiger partial charge in [0.05, 0.1) is 13.0 Å². The van der Waals surface area contributed by atoms with Crippen LogP contribution in [0.25, 0.3) is 10.9 Å². The Balaban J connectivity index is 1.98. The Bertz CT molecular complexity index is 761. The van der Waals surface area contributed by atoms with Gasteiger partial charge in [-0.2, -0.15) is 0 Å². The third-order valence-corrected chi connectivity index (χ3v) is 3.86. The summed E-state index contributed by atoms with van der Waals surface area (Å²) in [7, 11) is 0. The molecule has 2 aromatic carbocycles. The number of carbonyl (C=O) groups excluding carboxylic acids is 1. The minimum atomic E-state index is -0.162. The first kappa shape index (κ1) is 14.4. The summed E-state index contributed by atoms with van der Waals surface area (Å²) in [6.45, 7) is 2.25. The van der Waals surface area contributed by atoms with Gasteiger partial charge in [-0.05, 0) is 41.6 Å². The lowest BCUT2D eigenvalue weighted by Gasteiger charge is -2.17. The predicted octanol–water partition coefficient (Wildman–Crippen LogP) is 4.25. The minimum Gasteiger partial charge on any atom is -0.466 e. The normalized spacial score (nSPS) is 12.2. The number of benzene rings is 2. The van der Waals surface area contributed by atoms with Gasteiger partial charge in [-0.25, -0.2) is 0 Å². The number of aromatic amines is 1. The van der Waals surface area contributed by atoms with Crippen molar-refractivity contribution in [2.45, 2.75) is 19.3 Å². The Hall–Kier alpha value is -2.55. The van der Waals surface area contributed by atoms with Gasteiger partial charge < -0.3 is 9.72 Å². The van der Waals surface area contributed by atoms with Crippen molar-refractivity contribution in [3.63, 3.8) is 0 Å². The minimum absolute atomic E-state index is 0.0135. The highest BCUT2D eigenvalue weighted by Crippen LogP contribution is 2.30. The monoisotopic (exact) mass is 293 g/mol. The van der Waals surface area contributed by atoms with Gasteiger partial charge in [0.1, 0.15) is 0 Å². The fraction of sp³-hybridized carbons (Fsp3) is 0.211. The average Bonchev–Trinajstić information content (AvgIpc) is 3.01. The van der Waals surface area contributed by atoms with Crippen LogP contribution in [0, 0.1) is 0 Å². The molecule has 112 valence electrons. The molecule has 0 spiro atoms. The van der Waals surface area contributed by atoms with E-state index in [2.05, 4.69) is 35.3 Å². The molecule has 0 bridgehead atoms. The van der Waals surface area contributed by atoms with Gasteiger partial charge in [0.15, 0.2) is 0 Å². The molecule has 3 heteroatoms. The van der Waals surface area contributed by atoms with Crippen molar-refractivity contribution < 1.29 is 9.53 Å². The number of ether oxygens (including phenoxy) is 1. The summed E-state index contributed by atoms with van der Waals surface area (Å²) < 4.78 is 5.14. The fourth-order valence-corrected chi connectivity index (χ4v) is 2.79. The van der Waals surface area contributed by atoms with Crippen LogP contribution in [-0.4, -0.2) is 17.6 Å². The molecule has 0 saturated carbocycles. The molecule has 1 atom stereocenters. The Morgan fingerprint density at radius 3 is 2.68 bits per heavy atom. The molecule has 0 saturated heterocycles. The molecule has 3 nitrogen and oxygen atoms in total. The lowest BCUT2D eigenvalue weighted by Crippen LogP contribution is -2.11. The molecule has 0 aliphatic rings. The van der Waals surface area contributed by atoms with E-state index in [4.69, 9.17) is 4.74 Å². The van der Waals surface area contributed by atoms with Crippen molar-refractivity contribution in [1.82, 2.24) is 4.98 Å². The van der Waals surface area contributed by atoms with Gasteiger partial charge >= 0.3 is 5.97 Å². The van der Waals surface area contributed by atoms with Crippen LogP contribution in [0.15, 0.2) is 60.8 Å². The Labute approximate surface area is 129 Å². The first-order valence-corrected chi connectivity index (χ1v) is 7.55. The maximum atomic E-state index is 12.0. The largest absolute Gasteiger partial charge is 0.466 e. The third kappa shape index (κ3) is 3.03. The molecule has 1 aromatic heterocycles. The standard InChI is InChI=1S/C19H19NO2/c1-2-22-19(21)13-17(14-6-4-3-5-7-14)15-8-9-18-16(12-15)10-11-20-18/h3-12,17,20H,2,13H2,1H3/t17-/m0/s1. The van der Waals surface area contributed by atoms with Crippen molar-refractivity contribution in [2.24, 2.45) is 0 Å². The predicted molar refractivity (Wildman–Crippen MR) is 87.8 cm³/mol. The van der Waals surface area contributed by atoms with Gasteiger partial charge in [0.25, 0.3) is 0 Å². The second-order valence-electron chi connectivity index (χ2n) is 5.30. The van der Waals surface area contributed by atoms with E-state index in [-0.39, 0.29) is 11.9 Å². The fourth-order valence-electron chi connectivity index (χ4n) is 2.79. The zero-order chi connectivity index (χ0) is 15.4. The van der Waals surface area contributed by atoms with Crippen LogP contribution in [0.1, 0.15) is 30.4 Å². The lowest BCUT2D eigenvalue weighted by molar-refractivity contribution is -0.143. The van der Waals surface area contributed by atoms with Gasteiger partial charge in [-0.15, -0.1) is 0 Å². The van der Waals surface area contributed by atoms with Crippen LogP contribution in [0.3, 0.4) is 0 Å². The number of nitrogens with one attached hydrogen (secondary N) is 1. The maximum Gasteiger partial charge on any atom is 0.306 e. The SMILES string of the molecule is CCOC(=O)C[C@@H](c1ccccc1)c1ccc2[nH]ccc2c1. The highest BCUT2D eigenvalue weighted by atomic mass is 16.5. The summed E-state index contributed by atoms with van der Waals surface area (Å²) in [6.07, 6.45) is 2.28. The molecule has 3 aromatic rings. The van der Waals surface area contributed by atoms with E-state index < -0.39 is 0 Å². The Morgan fingerprint density at radius 2 is 1.91 bits per heavy atom. The molecule has 0 aliphatic carbocycles. The van der Waals surface area contributed by atoms with Gasteiger partial charge in [-0.3, -0.25) is 4.79 Å². The quantitative estimate of drug-likeness (QED) is 0.714. The summed E-state index contributed by atoms with van der Waals surface area (Å²) in [5.74, 6) is -0.148. The lowest BCUT2D eigenvalue weighted by atomic mass is 9.88. The average molecular weight is 293 g/mol. The second-order valence-corrected chi connectivity index (χ2v) is 5.30. The number of rotatable bonds is 5. The number of fused-ring (bicyclic) bond motifs is 1. The Kier molecular flexibility index (Phi) is 4.24. The summed E-state index contributed by atoms with van der Waals surface area (Å²) in [6, 6.07) is 18.4. The topological polar surface area (TPSA) is 42.1 Å². The van der Waals surface area contributed by atoms with Crippen LogP contribution < -0.4 is 0 Å². The van der Waals surface area contributed by atoms with Gasteiger partial charge in [0.2, 0.25) is 0 Å². The van der Waals surface area contributed by atoms with Crippen LogP contribution in [0.5, 0.6) is 0 Å². The first-order chi connectivity index (χ1) is 10.8. The number of carbonyl (C=O) groups is 1. The smallest absolute Gasteiger partial charge is 0.306 e. The molecule has 0 amide bonds. The number of hydrogen-bond acceptors (Lipinski definition) is 2. The van der Waals surface area contributed by atoms with Crippen LogP contribution >= 0.6 is 0 Å². The van der Waals surface area contributed by atoms with Crippen LogP contribution in [-0.2, 0) is 9.53 Å². The number of esters is 1. The molecular formula is C19H19NO2. The molecule has 1 heterocycles. The molecule has 0 fully saturated rings. The molecule has 3 rings (SSSR count). The molecule has 0 radical (unpaired) electrons. The van der Waals surface area contributed by atoms with E-state index in [1.54, 1.807) is 0 Å². The van der Waals surface area contributed by atoms with Gasteiger partial charge in [0, 0.05) is 17.6 Å². The highest BCUT2D eigenvalue weighted by Gasteiger charge is 2.19. The van der Waals surface area contributed by atoms with Crippen molar-refractivity contribution in [3.05, 3.63) is 71.9 Å². The van der Waals surface area contributed by atoms with Crippen LogP contribution in [0.4, 0.5) is 0 Å². The summed E-state index contributed by atoms with van der Waals surface area (Å²) in [5, 5.41) is 1.15. The number of H-pyrrole nitrogens is 1. The highest BCUT2D eigenvalue weighted by molar-refractivity contribution is 5.80. The molecule has 22 heavy (non-hydrogen) atoms. The van der Waals surface area contributed by atoms with E-state index in [1.807, 2.05) is 37.4 Å². The van der Waals surface area contributed by atoms with E-state index in [0.29, 0.717) is 13.0 Å². The van der Waals surface area contributed by atoms with Gasteiger partial charge in [-0.1, -0.05) is 36.4 Å². The maximum absolute atomic E-state index is 12.0.